The zero-order valence-corrected chi connectivity index (χ0v) is 24.0. The van der Waals surface area contributed by atoms with E-state index >= 15 is 0 Å². The molecule has 11 heteroatoms. The van der Waals surface area contributed by atoms with Crippen LogP contribution < -0.4 is 15.4 Å². The number of carbonyl (C=O) groups is 1. The third-order valence-electron chi connectivity index (χ3n) is 6.32. The number of carbonyl (C=O) groups excluding carboxylic acids is 1. The number of rotatable bonds is 11. The van der Waals surface area contributed by atoms with Crippen LogP contribution in [-0.2, 0) is 21.2 Å². The van der Waals surface area contributed by atoms with E-state index in [1.165, 1.54) is 19.2 Å². The number of amides is 1. The Bertz CT molecular complexity index is 1650. The van der Waals surface area contributed by atoms with Gasteiger partial charge < -0.3 is 19.9 Å². The quantitative estimate of drug-likeness (QED) is 0.247. The van der Waals surface area contributed by atoms with Crippen LogP contribution in [-0.4, -0.2) is 47.4 Å². The number of nitrogens with zero attached hydrogens (tertiary/aromatic N) is 3. The summed E-state index contributed by atoms with van der Waals surface area (Å²) < 4.78 is 30.8. The van der Waals surface area contributed by atoms with E-state index in [1.807, 2.05) is 60.2 Å². The molecule has 0 bridgehead atoms. The Balaban J connectivity index is 0.00000370. The van der Waals surface area contributed by atoms with Crippen molar-refractivity contribution in [2.75, 3.05) is 23.9 Å². The van der Waals surface area contributed by atoms with Gasteiger partial charge in [0.2, 0.25) is 5.91 Å². The average molecular weight is 582 g/mol. The Morgan fingerprint density at radius 2 is 1.98 bits per heavy atom. The van der Waals surface area contributed by atoms with Crippen molar-refractivity contribution in [3.63, 3.8) is 0 Å². The number of aromatic nitrogens is 3. The molecule has 1 aliphatic carbocycles. The van der Waals surface area contributed by atoms with Crippen LogP contribution in [0.2, 0.25) is 0 Å². The molecule has 4 aromatic rings. The fraction of sp³-hybridized carbons (Fsp3) is 0.276. The minimum Gasteiger partial charge on any atom is -0.457 e. The number of benzene rings is 2. The second-order valence-corrected chi connectivity index (χ2v) is 12.0. The fourth-order valence-electron chi connectivity index (χ4n) is 4.24. The van der Waals surface area contributed by atoms with Crippen molar-refractivity contribution in [1.29, 1.82) is 0 Å². The lowest BCUT2D eigenvalue weighted by molar-refractivity contribution is -0.118. The van der Waals surface area contributed by atoms with Gasteiger partial charge in [0.1, 0.15) is 29.1 Å². The maximum Gasteiger partial charge on any atom is 0.235 e. The van der Waals surface area contributed by atoms with Gasteiger partial charge in [-0.25, -0.2) is 18.4 Å². The van der Waals surface area contributed by atoms with Crippen molar-refractivity contribution in [3.8, 4) is 11.5 Å². The van der Waals surface area contributed by atoms with Gasteiger partial charge in [0.15, 0.2) is 15.7 Å². The lowest BCUT2D eigenvalue weighted by Crippen LogP contribution is -2.32. The predicted molar refractivity (Wildman–Crippen MR) is 160 cm³/mol. The smallest absolute Gasteiger partial charge is 0.235 e. The van der Waals surface area contributed by atoms with E-state index in [1.54, 1.807) is 0 Å². The molecule has 1 saturated carbocycles. The Kier molecular flexibility index (Phi) is 9.11. The Hall–Kier alpha value is -3.89. The molecule has 0 spiro atoms. The predicted octanol–water partition coefficient (Wildman–Crippen LogP) is 5.28. The Labute approximate surface area is 240 Å². The summed E-state index contributed by atoms with van der Waals surface area (Å²) in [4.78, 5) is 20.6. The second kappa shape index (κ2) is 12.5. The molecule has 0 unspecified atom stereocenters. The van der Waals surface area contributed by atoms with Crippen LogP contribution in [0.4, 0.5) is 11.5 Å². The summed E-state index contributed by atoms with van der Waals surface area (Å²) in [6, 6.07) is 15.8. The molecule has 2 N–H and O–H groups in total. The molecule has 0 aliphatic heterocycles. The lowest BCUT2D eigenvalue weighted by Gasteiger charge is -2.13. The van der Waals surface area contributed by atoms with Crippen LogP contribution in [0.1, 0.15) is 24.0 Å². The zero-order valence-electron chi connectivity index (χ0n) is 22.3. The van der Waals surface area contributed by atoms with Gasteiger partial charge in [0, 0.05) is 31.2 Å². The summed E-state index contributed by atoms with van der Waals surface area (Å²) >= 11 is 0. The summed E-state index contributed by atoms with van der Waals surface area (Å²) in [5, 5.41) is 6.02. The van der Waals surface area contributed by atoms with Crippen molar-refractivity contribution < 1.29 is 17.9 Å². The SMILES string of the molecule is Cc1cc(Nc2ncnc3ccn(CCNC(=O)CS(C)(=O)=O)c23)ccc1Oc1cccc(C=CC2CC2)c1.Cl. The summed E-state index contributed by atoms with van der Waals surface area (Å²) in [7, 11) is -3.37. The molecule has 40 heavy (non-hydrogen) atoms. The highest BCUT2D eigenvalue weighted by Crippen LogP contribution is 2.32. The zero-order chi connectivity index (χ0) is 27.4. The highest BCUT2D eigenvalue weighted by atomic mass is 35.5. The van der Waals surface area contributed by atoms with E-state index in [9.17, 15) is 13.2 Å². The number of sulfone groups is 1. The van der Waals surface area contributed by atoms with E-state index in [0.29, 0.717) is 12.4 Å². The first-order valence-electron chi connectivity index (χ1n) is 12.8. The number of aryl methyl sites for hydroxylation is 1. The van der Waals surface area contributed by atoms with Gasteiger partial charge in [0.05, 0.1) is 5.52 Å². The molecule has 1 fully saturated rings. The maximum atomic E-state index is 11.9. The molecule has 1 amide bonds. The lowest BCUT2D eigenvalue weighted by atomic mass is 10.1. The van der Waals surface area contributed by atoms with Gasteiger partial charge in [-0.3, -0.25) is 4.79 Å². The third kappa shape index (κ3) is 7.83. The second-order valence-electron chi connectivity index (χ2n) is 9.86. The van der Waals surface area contributed by atoms with Crippen LogP contribution in [0.15, 0.2) is 67.1 Å². The summed E-state index contributed by atoms with van der Waals surface area (Å²) in [6.45, 7) is 2.70. The molecule has 0 radical (unpaired) electrons. The minimum absolute atomic E-state index is 0. The van der Waals surface area contributed by atoms with E-state index in [0.717, 1.165) is 51.5 Å². The Morgan fingerprint density at radius 3 is 2.73 bits per heavy atom. The average Bonchev–Trinajstić information content (AvgIpc) is 3.62. The van der Waals surface area contributed by atoms with Crippen molar-refractivity contribution >= 4 is 56.8 Å². The largest absolute Gasteiger partial charge is 0.457 e. The third-order valence-corrected chi connectivity index (χ3v) is 7.11. The molecule has 9 nitrogen and oxygen atoms in total. The van der Waals surface area contributed by atoms with Gasteiger partial charge in [-0.05, 0) is 73.2 Å². The number of anilines is 2. The number of hydrogen-bond acceptors (Lipinski definition) is 7. The number of halogens is 1. The number of allylic oxidation sites excluding steroid dienone is 1. The van der Waals surface area contributed by atoms with E-state index < -0.39 is 21.5 Å². The number of fused-ring (bicyclic) bond motifs is 1. The fourth-order valence-corrected chi connectivity index (χ4v) is 4.82. The first-order chi connectivity index (χ1) is 18.7. The molecule has 0 atom stereocenters. The topological polar surface area (TPSA) is 115 Å². The van der Waals surface area contributed by atoms with Gasteiger partial charge >= 0.3 is 0 Å². The molecule has 210 valence electrons. The monoisotopic (exact) mass is 581 g/mol. The first kappa shape index (κ1) is 29.1. The summed E-state index contributed by atoms with van der Waals surface area (Å²) in [5.74, 6) is 1.85. The van der Waals surface area contributed by atoms with Crippen molar-refractivity contribution in [3.05, 3.63) is 78.3 Å². The number of hydrogen-bond donors (Lipinski definition) is 2. The van der Waals surface area contributed by atoms with Crippen LogP contribution in [0.3, 0.4) is 0 Å². The van der Waals surface area contributed by atoms with Crippen LogP contribution >= 0.6 is 12.4 Å². The minimum atomic E-state index is -3.37. The highest BCUT2D eigenvalue weighted by Gasteiger charge is 2.17. The normalized spacial score (nSPS) is 13.2. The molecular formula is C29H32ClN5O4S. The van der Waals surface area contributed by atoms with E-state index in [2.05, 4.69) is 38.8 Å². The molecule has 2 aromatic heterocycles. The standard InChI is InChI=1S/C29H31N5O4S.ClH/c1-20-16-23(10-11-26(20)38-24-5-3-4-22(17-24)9-8-21-6-7-21)33-29-28-25(31-19-32-29)12-14-34(28)15-13-30-27(35)18-39(2,36)37;/h3-5,8-12,14,16-17,19,21H,6-7,13,15,18H2,1-2H3,(H,30,35)(H,31,32,33);1H. The van der Waals surface area contributed by atoms with Gasteiger partial charge in [-0.15, -0.1) is 12.4 Å². The van der Waals surface area contributed by atoms with Crippen molar-refractivity contribution in [1.82, 2.24) is 19.9 Å². The molecular weight excluding hydrogens is 550 g/mol. The van der Waals surface area contributed by atoms with Gasteiger partial charge in [0.25, 0.3) is 0 Å². The van der Waals surface area contributed by atoms with Crippen LogP contribution in [0.5, 0.6) is 11.5 Å². The molecule has 0 saturated heterocycles. The van der Waals surface area contributed by atoms with Gasteiger partial charge in [-0.2, -0.15) is 0 Å². The summed E-state index contributed by atoms with van der Waals surface area (Å²) in [6.07, 6.45) is 11.4. The van der Waals surface area contributed by atoms with E-state index in [4.69, 9.17) is 4.74 Å². The molecule has 2 aromatic carbocycles. The van der Waals surface area contributed by atoms with Crippen molar-refractivity contribution in [2.24, 2.45) is 5.92 Å². The van der Waals surface area contributed by atoms with Gasteiger partial charge in [-0.1, -0.05) is 24.3 Å². The maximum absolute atomic E-state index is 11.9. The highest BCUT2D eigenvalue weighted by molar-refractivity contribution is 7.91. The Morgan fingerprint density at radius 1 is 1.15 bits per heavy atom. The van der Waals surface area contributed by atoms with E-state index in [-0.39, 0.29) is 19.0 Å². The molecule has 5 rings (SSSR count). The van der Waals surface area contributed by atoms with Crippen LogP contribution in [0.25, 0.3) is 17.1 Å². The van der Waals surface area contributed by atoms with Crippen molar-refractivity contribution in [2.45, 2.75) is 26.3 Å². The first-order valence-corrected chi connectivity index (χ1v) is 14.9. The summed E-state index contributed by atoms with van der Waals surface area (Å²) in [5.41, 5.74) is 4.47. The molecule has 2 heterocycles. The number of ether oxygens (including phenoxy) is 1. The molecule has 1 aliphatic rings. The number of nitrogens with one attached hydrogen (secondary N) is 2. The van der Waals surface area contributed by atoms with Crippen LogP contribution in [0, 0.1) is 12.8 Å².